The van der Waals surface area contributed by atoms with Gasteiger partial charge in [0.25, 0.3) is 0 Å². The maximum absolute atomic E-state index is 11.8. The van der Waals surface area contributed by atoms with Crippen molar-refractivity contribution in [1.29, 1.82) is 0 Å². The number of amides is 1. The minimum atomic E-state index is -0.474. The molecule has 3 rings (SSSR count). The normalized spacial score (nSPS) is 17.1. The Labute approximate surface area is 135 Å². The second-order valence-electron chi connectivity index (χ2n) is 5.62. The summed E-state index contributed by atoms with van der Waals surface area (Å²) < 4.78 is 5.18. The molecule has 23 heavy (non-hydrogen) atoms. The molecule has 1 aliphatic heterocycles. The first-order valence-electron chi connectivity index (χ1n) is 7.71. The number of carbonyl (C=O) groups is 1. The maximum atomic E-state index is 11.8. The first kappa shape index (κ1) is 15.4. The number of hydrogen-bond donors (Lipinski definition) is 2. The molecule has 0 aromatic heterocycles. The van der Waals surface area contributed by atoms with Crippen molar-refractivity contribution < 1.29 is 14.6 Å². The number of ether oxygens (including phenoxy) is 1. The van der Waals surface area contributed by atoms with Crippen LogP contribution in [0.5, 0.6) is 0 Å². The van der Waals surface area contributed by atoms with E-state index >= 15 is 0 Å². The third kappa shape index (κ3) is 4.23. The van der Waals surface area contributed by atoms with Gasteiger partial charge < -0.3 is 14.7 Å². The van der Waals surface area contributed by atoms with Crippen LogP contribution >= 0.6 is 0 Å². The molecule has 2 aromatic rings. The highest BCUT2D eigenvalue weighted by Gasteiger charge is 2.20. The smallest absolute Gasteiger partial charge is 0.411 e. The molecule has 0 saturated carbocycles. The van der Waals surface area contributed by atoms with Crippen molar-refractivity contribution in [2.24, 2.45) is 0 Å². The van der Waals surface area contributed by atoms with Crippen molar-refractivity contribution >= 4 is 17.5 Å². The fraction of sp³-hybridized carbons (Fsp3) is 0.278. The molecule has 1 aliphatic rings. The molecule has 0 spiro atoms. The zero-order valence-corrected chi connectivity index (χ0v) is 12.8. The lowest BCUT2D eigenvalue weighted by atomic mass is 10.2. The first-order valence-corrected chi connectivity index (χ1v) is 7.71. The van der Waals surface area contributed by atoms with Crippen LogP contribution in [0.2, 0.25) is 0 Å². The monoisotopic (exact) mass is 312 g/mol. The summed E-state index contributed by atoms with van der Waals surface area (Å²) in [6, 6.07) is 17.1. The van der Waals surface area contributed by atoms with Crippen LogP contribution in [0.1, 0.15) is 12.0 Å². The molecule has 0 bridgehead atoms. The van der Waals surface area contributed by atoms with Gasteiger partial charge in [-0.15, -0.1) is 0 Å². The van der Waals surface area contributed by atoms with Gasteiger partial charge in [-0.05, 0) is 36.2 Å². The third-order valence-corrected chi connectivity index (χ3v) is 3.85. The Morgan fingerprint density at radius 3 is 2.57 bits per heavy atom. The van der Waals surface area contributed by atoms with Gasteiger partial charge in [0.1, 0.15) is 6.61 Å². The second-order valence-corrected chi connectivity index (χ2v) is 5.62. The molecule has 1 atom stereocenters. The van der Waals surface area contributed by atoms with E-state index < -0.39 is 6.09 Å². The predicted octanol–water partition coefficient (Wildman–Crippen LogP) is 3.01. The third-order valence-electron chi connectivity index (χ3n) is 3.85. The molecule has 2 aromatic carbocycles. The van der Waals surface area contributed by atoms with Crippen molar-refractivity contribution in [3.05, 3.63) is 60.2 Å². The number of nitrogens with one attached hydrogen (secondary N) is 1. The van der Waals surface area contributed by atoms with Crippen LogP contribution < -0.4 is 10.2 Å². The predicted molar refractivity (Wildman–Crippen MR) is 89.5 cm³/mol. The van der Waals surface area contributed by atoms with Gasteiger partial charge in [0.15, 0.2) is 0 Å². The van der Waals surface area contributed by atoms with Gasteiger partial charge in [0.05, 0.1) is 6.10 Å². The van der Waals surface area contributed by atoms with E-state index in [1.165, 1.54) is 0 Å². The van der Waals surface area contributed by atoms with Crippen molar-refractivity contribution in [3.63, 3.8) is 0 Å². The van der Waals surface area contributed by atoms with Crippen molar-refractivity contribution in [2.75, 3.05) is 23.3 Å². The average Bonchev–Trinajstić information content (AvgIpc) is 3.01. The number of hydrogen-bond acceptors (Lipinski definition) is 4. The maximum Gasteiger partial charge on any atom is 0.411 e. The zero-order chi connectivity index (χ0) is 16.1. The zero-order valence-electron chi connectivity index (χ0n) is 12.8. The lowest BCUT2D eigenvalue weighted by Gasteiger charge is -2.18. The van der Waals surface area contributed by atoms with Crippen LogP contribution in [0.25, 0.3) is 0 Å². The van der Waals surface area contributed by atoms with Gasteiger partial charge in [0.2, 0.25) is 0 Å². The second kappa shape index (κ2) is 7.15. The summed E-state index contributed by atoms with van der Waals surface area (Å²) in [7, 11) is 0. The van der Waals surface area contributed by atoms with Crippen LogP contribution in [0.4, 0.5) is 16.2 Å². The lowest BCUT2D eigenvalue weighted by Crippen LogP contribution is -2.21. The van der Waals surface area contributed by atoms with Gasteiger partial charge in [0, 0.05) is 24.5 Å². The van der Waals surface area contributed by atoms with Crippen LogP contribution in [0, 0.1) is 0 Å². The van der Waals surface area contributed by atoms with Gasteiger partial charge in [-0.2, -0.15) is 0 Å². The van der Waals surface area contributed by atoms with E-state index in [1.807, 2.05) is 54.6 Å². The summed E-state index contributed by atoms with van der Waals surface area (Å²) in [5, 5.41) is 12.3. The Kier molecular flexibility index (Phi) is 4.78. The molecule has 120 valence electrons. The number of β-amino-alcohol motifs (C(OH)–C–C–N with tert-alkyl or cyclic N) is 1. The molecule has 1 fully saturated rings. The molecule has 1 saturated heterocycles. The van der Waals surface area contributed by atoms with Crippen LogP contribution in [0.15, 0.2) is 54.6 Å². The van der Waals surface area contributed by atoms with Crippen molar-refractivity contribution in [1.82, 2.24) is 0 Å². The molecule has 2 N–H and O–H groups in total. The van der Waals surface area contributed by atoms with Gasteiger partial charge >= 0.3 is 6.09 Å². The number of carbonyl (C=O) groups excluding carboxylic acids is 1. The van der Waals surface area contributed by atoms with Gasteiger partial charge in [-0.1, -0.05) is 30.3 Å². The number of nitrogens with zero attached hydrogens (tertiary/aromatic N) is 1. The fourth-order valence-corrected chi connectivity index (χ4v) is 2.61. The minimum Gasteiger partial charge on any atom is -0.444 e. The summed E-state index contributed by atoms with van der Waals surface area (Å²) >= 11 is 0. The van der Waals surface area contributed by atoms with E-state index in [9.17, 15) is 9.90 Å². The molecule has 5 heteroatoms. The molecule has 0 radical (unpaired) electrons. The summed E-state index contributed by atoms with van der Waals surface area (Å²) in [4.78, 5) is 13.9. The van der Waals surface area contributed by atoms with E-state index in [0.29, 0.717) is 12.2 Å². The number of rotatable bonds is 4. The molecule has 1 heterocycles. The number of anilines is 2. The van der Waals surface area contributed by atoms with Crippen LogP contribution in [0.3, 0.4) is 0 Å². The molecular weight excluding hydrogens is 292 g/mol. The Bertz CT molecular complexity index is 643. The SMILES string of the molecule is O=C(Nc1ccc(N2CC[C@@H](O)C2)cc1)OCc1ccccc1. The lowest BCUT2D eigenvalue weighted by molar-refractivity contribution is 0.155. The topological polar surface area (TPSA) is 61.8 Å². The van der Waals surface area contributed by atoms with Gasteiger partial charge in [-0.3, -0.25) is 5.32 Å². The van der Waals surface area contributed by atoms with E-state index in [0.717, 1.165) is 24.2 Å². The highest BCUT2D eigenvalue weighted by Crippen LogP contribution is 2.22. The highest BCUT2D eigenvalue weighted by atomic mass is 16.5. The Hall–Kier alpha value is -2.53. The van der Waals surface area contributed by atoms with Crippen molar-refractivity contribution in [2.45, 2.75) is 19.1 Å². The standard InChI is InChI=1S/C18H20N2O3/c21-17-10-11-20(12-17)16-8-6-15(7-9-16)19-18(22)23-13-14-4-2-1-3-5-14/h1-9,17,21H,10-13H2,(H,19,22)/t17-/m1/s1. The average molecular weight is 312 g/mol. The first-order chi connectivity index (χ1) is 11.2. The van der Waals surface area contributed by atoms with E-state index in [2.05, 4.69) is 10.2 Å². The summed E-state index contributed by atoms with van der Waals surface area (Å²) in [5.74, 6) is 0. The Balaban J connectivity index is 1.50. The molecule has 0 aliphatic carbocycles. The molecular formula is C18H20N2O3. The number of aliphatic hydroxyl groups is 1. The Morgan fingerprint density at radius 1 is 1.17 bits per heavy atom. The fourth-order valence-electron chi connectivity index (χ4n) is 2.61. The van der Waals surface area contributed by atoms with Crippen LogP contribution in [-0.4, -0.2) is 30.4 Å². The van der Waals surface area contributed by atoms with E-state index in [4.69, 9.17) is 4.74 Å². The van der Waals surface area contributed by atoms with Gasteiger partial charge in [-0.25, -0.2) is 4.79 Å². The summed E-state index contributed by atoms with van der Waals surface area (Å²) in [6.07, 6.45) is 0.0743. The molecule has 0 unspecified atom stereocenters. The molecule has 1 amide bonds. The molecule has 5 nitrogen and oxygen atoms in total. The Morgan fingerprint density at radius 2 is 1.91 bits per heavy atom. The number of aliphatic hydroxyl groups excluding tert-OH is 1. The summed E-state index contributed by atoms with van der Waals surface area (Å²) in [6.45, 7) is 1.76. The van der Waals surface area contributed by atoms with E-state index in [1.54, 1.807) is 0 Å². The van der Waals surface area contributed by atoms with E-state index in [-0.39, 0.29) is 12.7 Å². The largest absolute Gasteiger partial charge is 0.444 e. The van der Waals surface area contributed by atoms with Crippen LogP contribution in [-0.2, 0) is 11.3 Å². The van der Waals surface area contributed by atoms with Crippen molar-refractivity contribution in [3.8, 4) is 0 Å². The summed E-state index contributed by atoms with van der Waals surface area (Å²) in [5.41, 5.74) is 2.68. The minimum absolute atomic E-state index is 0.246. The quantitative estimate of drug-likeness (QED) is 0.911. The number of benzene rings is 2. The highest BCUT2D eigenvalue weighted by molar-refractivity contribution is 5.84.